The van der Waals surface area contributed by atoms with Crippen LogP contribution >= 0.6 is 0 Å². The smallest absolute Gasteiger partial charge is 0.239 e. The fourth-order valence-electron chi connectivity index (χ4n) is 1.77. The minimum absolute atomic E-state index is 0.0385. The van der Waals surface area contributed by atoms with E-state index < -0.39 is 21.5 Å². The SMILES string of the molecule is CCS(=O)(=O)CC(=O)Nc1ccc(Cn2cccn2)cc1. The quantitative estimate of drug-likeness (QED) is 0.872. The average Bonchev–Trinajstić information content (AvgIpc) is 2.93. The van der Waals surface area contributed by atoms with Crippen LogP contribution in [0.3, 0.4) is 0 Å². The molecule has 7 heteroatoms. The molecule has 0 fully saturated rings. The van der Waals surface area contributed by atoms with E-state index in [0.717, 1.165) is 5.56 Å². The van der Waals surface area contributed by atoms with Crippen molar-refractivity contribution in [1.29, 1.82) is 0 Å². The molecule has 0 aliphatic rings. The first kappa shape index (κ1) is 15.2. The molecule has 21 heavy (non-hydrogen) atoms. The van der Waals surface area contributed by atoms with Crippen molar-refractivity contribution < 1.29 is 13.2 Å². The van der Waals surface area contributed by atoms with Crippen molar-refractivity contribution in [3.63, 3.8) is 0 Å². The van der Waals surface area contributed by atoms with Gasteiger partial charge in [-0.25, -0.2) is 8.42 Å². The van der Waals surface area contributed by atoms with Crippen LogP contribution in [0.2, 0.25) is 0 Å². The fourth-order valence-corrected chi connectivity index (χ4v) is 2.45. The molecule has 1 amide bonds. The van der Waals surface area contributed by atoms with Gasteiger partial charge in [-0.05, 0) is 23.8 Å². The Hall–Kier alpha value is -2.15. The number of benzene rings is 1. The van der Waals surface area contributed by atoms with Crippen LogP contribution in [0.5, 0.6) is 0 Å². The highest BCUT2D eigenvalue weighted by molar-refractivity contribution is 7.92. The minimum Gasteiger partial charge on any atom is -0.325 e. The van der Waals surface area contributed by atoms with Gasteiger partial charge in [-0.3, -0.25) is 9.48 Å². The number of hydrogen-bond acceptors (Lipinski definition) is 4. The van der Waals surface area contributed by atoms with Gasteiger partial charge >= 0.3 is 0 Å². The Labute approximate surface area is 123 Å². The highest BCUT2D eigenvalue weighted by Crippen LogP contribution is 2.10. The Balaban J connectivity index is 1.95. The van der Waals surface area contributed by atoms with Gasteiger partial charge in [0, 0.05) is 23.8 Å². The summed E-state index contributed by atoms with van der Waals surface area (Å²) < 4.78 is 24.5. The van der Waals surface area contributed by atoms with Gasteiger partial charge in [0.05, 0.1) is 6.54 Å². The summed E-state index contributed by atoms with van der Waals surface area (Å²) in [6.45, 7) is 2.16. The van der Waals surface area contributed by atoms with Crippen molar-refractivity contribution in [2.45, 2.75) is 13.5 Å². The lowest BCUT2D eigenvalue weighted by Gasteiger charge is -2.07. The Kier molecular flexibility index (Phi) is 4.74. The molecule has 0 saturated carbocycles. The molecule has 6 nitrogen and oxygen atoms in total. The Morgan fingerprint density at radius 1 is 1.29 bits per heavy atom. The summed E-state index contributed by atoms with van der Waals surface area (Å²) in [6.07, 6.45) is 3.58. The van der Waals surface area contributed by atoms with Gasteiger partial charge in [-0.1, -0.05) is 19.1 Å². The number of hydrogen-bond donors (Lipinski definition) is 1. The van der Waals surface area contributed by atoms with E-state index in [2.05, 4.69) is 10.4 Å². The van der Waals surface area contributed by atoms with Crippen molar-refractivity contribution >= 4 is 21.4 Å². The maximum atomic E-state index is 11.6. The van der Waals surface area contributed by atoms with E-state index in [0.29, 0.717) is 12.2 Å². The van der Waals surface area contributed by atoms with Crippen LogP contribution in [-0.4, -0.2) is 35.6 Å². The van der Waals surface area contributed by atoms with E-state index in [1.54, 1.807) is 23.0 Å². The number of anilines is 1. The molecule has 2 aromatic rings. The average molecular weight is 307 g/mol. The second-order valence-electron chi connectivity index (χ2n) is 4.63. The van der Waals surface area contributed by atoms with Crippen molar-refractivity contribution in [3.8, 4) is 0 Å². The number of nitrogens with zero attached hydrogens (tertiary/aromatic N) is 2. The minimum atomic E-state index is -3.30. The molecule has 0 spiro atoms. The third kappa shape index (κ3) is 4.71. The molecule has 0 aliphatic heterocycles. The Morgan fingerprint density at radius 2 is 2.00 bits per heavy atom. The number of nitrogens with one attached hydrogen (secondary N) is 1. The summed E-state index contributed by atoms with van der Waals surface area (Å²) in [6, 6.07) is 9.07. The molecule has 0 unspecified atom stereocenters. The molecule has 1 heterocycles. The zero-order valence-electron chi connectivity index (χ0n) is 11.7. The molecule has 1 aromatic heterocycles. The van der Waals surface area contributed by atoms with Gasteiger partial charge in [0.1, 0.15) is 5.75 Å². The van der Waals surface area contributed by atoms with Gasteiger partial charge in [-0.2, -0.15) is 5.10 Å². The van der Waals surface area contributed by atoms with Gasteiger partial charge in [-0.15, -0.1) is 0 Å². The van der Waals surface area contributed by atoms with Crippen LogP contribution in [0, 0.1) is 0 Å². The summed E-state index contributed by atoms with van der Waals surface area (Å²) in [5.74, 6) is -1.04. The predicted molar refractivity (Wildman–Crippen MR) is 80.7 cm³/mol. The first-order valence-electron chi connectivity index (χ1n) is 6.55. The number of sulfone groups is 1. The molecular weight excluding hydrogens is 290 g/mol. The second-order valence-corrected chi connectivity index (χ2v) is 6.98. The van der Waals surface area contributed by atoms with E-state index in [9.17, 15) is 13.2 Å². The zero-order valence-corrected chi connectivity index (χ0v) is 12.5. The maximum Gasteiger partial charge on any atom is 0.239 e. The summed E-state index contributed by atoms with van der Waals surface area (Å²) in [4.78, 5) is 11.6. The predicted octanol–water partition coefficient (Wildman–Crippen LogP) is 1.30. The molecule has 112 valence electrons. The first-order chi connectivity index (χ1) is 9.98. The van der Waals surface area contributed by atoms with Crippen molar-refractivity contribution in [2.75, 3.05) is 16.8 Å². The van der Waals surface area contributed by atoms with Crippen molar-refractivity contribution in [1.82, 2.24) is 9.78 Å². The van der Waals surface area contributed by atoms with Crippen molar-refractivity contribution in [3.05, 3.63) is 48.3 Å². The third-order valence-corrected chi connectivity index (χ3v) is 4.51. The highest BCUT2D eigenvalue weighted by atomic mass is 32.2. The molecular formula is C14H17N3O3S. The van der Waals surface area contributed by atoms with E-state index in [4.69, 9.17) is 0 Å². The molecule has 1 aromatic carbocycles. The summed E-state index contributed by atoms with van der Waals surface area (Å²) in [5.41, 5.74) is 1.62. The number of carbonyl (C=O) groups is 1. The van der Waals surface area contributed by atoms with Crippen molar-refractivity contribution in [2.24, 2.45) is 0 Å². The van der Waals surface area contributed by atoms with Crippen LogP contribution in [0.15, 0.2) is 42.7 Å². The first-order valence-corrected chi connectivity index (χ1v) is 8.37. The third-order valence-electron chi connectivity index (χ3n) is 2.93. The summed E-state index contributed by atoms with van der Waals surface area (Å²) >= 11 is 0. The number of carbonyl (C=O) groups excluding carboxylic acids is 1. The summed E-state index contributed by atoms with van der Waals surface area (Å²) in [5, 5.41) is 6.69. The standard InChI is InChI=1S/C14H17N3O3S/c1-2-21(19,20)11-14(18)16-13-6-4-12(5-7-13)10-17-9-3-8-15-17/h3-9H,2,10-11H2,1H3,(H,16,18). The van der Waals surface area contributed by atoms with Crippen LogP contribution in [0.1, 0.15) is 12.5 Å². The number of amides is 1. The van der Waals surface area contributed by atoms with Crippen LogP contribution in [0.25, 0.3) is 0 Å². The molecule has 0 aliphatic carbocycles. The maximum absolute atomic E-state index is 11.6. The summed E-state index contributed by atoms with van der Waals surface area (Å²) in [7, 11) is -3.30. The lowest BCUT2D eigenvalue weighted by atomic mass is 10.2. The lowest BCUT2D eigenvalue weighted by Crippen LogP contribution is -2.23. The van der Waals surface area contributed by atoms with E-state index >= 15 is 0 Å². The molecule has 1 N–H and O–H groups in total. The molecule has 0 radical (unpaired) electrons. The van der Waals surface area contributed by atoms with Gasteiger partial charge in [0.15, 0.2) is 9.84 Å². The van der Waals surface area contributed by atoms with Crippen LogP contribution in [0.4, 0.5) is 5.69 Å². The molecule has 0 bridgehead atoms. The highest BCUT2D eigenvalue weighted by Gasteiger charge is 2.14. The zero-order chi connectivity index (χ0) is 15.3. The van der Waals surface area contributed by atoms with Gasteiger partial charge in [0.2, 0.25) is 5.91 Å². The van der Waals surface area contributed by atoms with Gasteiger partial charge < -0.3 is 5.32 Å². The molecule has 0 saturated heterocycles. The monoisotopic (exact) mass is 307 g/mol. The lowest BCUT2D eigenvalue weighted by molar-refractivity contribution is -0.113. The van der Waals surface area contributed by atoms with E-state index in [-0.39, 0.29) is 5.75 Å². The fraction of sp³-hybridized carbons (Fsp3) is 0.286. The topological polar surface area (TPSA) is 81.1 Å². The Bertz CT molecular complexity index is 692. The number of rotatable bonds is 6. The van der Waals surface area contributed by atoms with Crippen LogP contribution < -0.4 is 5.32 Å². The molecule has 2 rings (SSSR count). The van der Waals surface area contributed by atoms with Gasteiger partial charge in [0.25, 0.3) is 0 Å². The molecule has 0 atom stereocenters. The largest absolute Gasteiger partial charge is 0.325 e. The van der Waals surface area contributed by atoms with E-state index in [1.165, 1.54) is 6.92 Å². The van der Waals surface area contributed by atoms with Crippen LogP contribution in [-0.2, 0) is 21.2 Å². The second kappa shape index (κ2) is 6.53. The normalized spacial score (nSPS) is 11.3. The number of aromatic nitrogens is 2. The Morgan fingerprint density at radius 3 is 2.57 bits per heavy atom. The van der Waals surface area contributed by atoms with E-state index in [1.807, 2.05) is 24.4 Å².